The molecule has 0 fully saturated rings. The second-order valence-electron chi connectivity index (χ2n) is 5.36. The highest BCUT2D eigenvalue weighted by atomic mass is 16.5. The van der Waals surface area contributed by atoms with Crippen LogP contribution in [0.3, 0.4) is 0 Å². The highest BCUT2D eigenvalue weighted by Gasteiger charge is 1.98. The molecule has 20 heavy (non-hydrogen) atoms. The summed E-state index contributed by atoms with van der Waals surface area (Å²) < 4.78 is 5.70. The van der Waals surface area contributed by atoms with Crippen molar-refractivity contribution in [1.29, 1.82) is 0 Å². The molecule has 1 aromatic carbocycles. The predicted molar refractivity (Wildman–Crippen MR) is 80.5 cm³/mol. The van der Waals surface area contributed by atoms with Crippen molar-refractivity contribution in [2.45, 2.75) is 33.4 Å². The molecule has 1 heterocycles. The maximum atomic E-state index is 5.70. The first-order chi connectivity index (χ1) is 9.74. The average Bonchev–Trinajstić information content (AvgIpc) is 2.93. The van der Waals surface area contributed by atoms with Crippen LogP contribution in [0.15, 0.2) is 36.5 Å². The highest BCUT2D eigenvalue weighted by molar-refractivity contribution is 5.27. The molecule has 0 aliphatic rings. The van der Waals surface area contributed by atoms with Crippen LogP contribution in [0.2, 0.25) is 0 Å². The number of hydrogen-bond acceptors (Lipinski definition) is 3. The van der Waals surface area contributed by atoms with Gasteiger partial charge in [0.25, 0.3) is 0 Å². The summed E-state index contributed by atoms with van der Waals surface area (Å²) >= 11 is 0. The predicted octanol–water partition coefficient (Wildman–Crippen LogP) is 3.12. The lowest BCUT2D eigenvalue weighted by molar-refractivity contribution is 0.289. The van der Waals surface area contributed by atoms with E-state index in [2.05, 4.69) is 41.5 Å². The molecule has 0 aliphatic heterocycles. The zero-order valence-corrected chi connectivity index (χ0v) is 12.2. The minimum absolute atomic E-state index is 0.681. The number of nitrogens with one attached hydrogen (secondary N) is 2. The maximum absolute atomic E-state index is 5.70. The van der Waals surface area contributed by atoms with Gasteiger partial charge in [0, 0.05) is 25.0 Å². The van der Waals surface area contributed by atoms with Gasteiger partial charge in [0.1, 0.15) is 5.75 Å². The van der Waals surface area contributed by atoms with E-state index in [1.807, 2.05) is 18.2 Å². The zero-order valence-electron chi connectivity index (χ0n) is 12.2. The van der Waals surface area contributed by atoms with Crippen molar-refractivity contribution in [3.05, 3.63) is 47.8 Å². The van der Waals surface area contributed by atoms with Gasteiger partial charge in [-0.3, -0.25) is 5.10 Å². The lowest BCUT2D eigenvalue weighted by Gasteiger charge is -2.09. The standard InChI is InChI=1S/C16H23N3O/c1-13(2)8-10-20-16-5-3-14(4-6-16)11-17-12-15-7-9-18-19-15/h3-7,9,13,17H,8,10-12H2,1-2H3,(H,18,19). The van der Waals surface area contributed by atoms with E-state index in [1.54, 1.807) is 6.20 Å². The van der Waals surface area contributed by atoms with Crippen LogP contribution in [0.25, 0.3) is 0 Å². The number of ether oxygens (including phenoxy) is 1. The molecule has 4 heteroatoms. The van der Waals surface area contributed by atoms with Gasteiger partial charge < -0.3 is 10.1 Å². The SMILES string of the molecule is CC(C)CCOc1ccc(CNCc2ccn[nH]2)cc1. The van der Waals surface area contributed by atoms with Crippen LogP contribution in [-0.2, 0) is 13.1 Å². The van der Waals surface area contributed by atoms with Gasteiger partial charge in [-0.15, -0.1) is 0 Å². The minimum Gasteiger partial charge on any atom is -0.494 e. The summed E-state index contributed by atoms with van der Waals surface area (Å²) in [6.45, 7) is 6.84. The van der Waals surface area contributed by atoms with Crippen molar-refractivity contribution in [3.63, 3.8) is 0 Å². The molecule has 0 unspecified atom stereocenters. The molecule has 0 amide bonds. The molecule has 0 saturated heterocycles. The largest absolute Gasteiger partial charge is 0.494 e. The number of aromatic nitrogens is 2. The van der Waals surface area contributed by atoms with Gasteiger partial charge >= 0.3 is 0 Å². The number of H-pyrrole nitrogens is 1. The first kappa shape index (κ1) is 14.6. The minimum atomic E-state index is 0.681. The molecule has 0 atom stereocenters. The van der Waals surface area contributed by atoms with Gasteiger partial charge in [-0.25, -0.2) is 0 Å². The molecule has 2 aromatic rings. The third-order valence-corrected chi connectivity index (χ3v) is 3.09. The molecule has 2 N–H and O–H groups in total. The van der Waals surface area contributed by atoms with E-state index in [4.69, 9.17) is 4.74 Å². The van der Waals surface area contributed by atoms with Crippen LogP contribution in [0.1, 0.15) is 31.5 Å². The zero-order chi connectivity index (χ0) is 14.2. The lowest BCUT2D eigenvalue weighted by Crippen LogP contribution is -2.12. The third kappa shape index (κ3) is 5.05. The Morgan fingerprint density at radius 3 is 2.60 bits per heavy atom. The molecule has 1 aromatic heterocycles. The molecular weight excluding hydrogens is 250 g/mol. The molecule has 108 valence electrons. The number of nitrogens with zero attached hydrogens (tertiary/aromatic N) is 1. The first-order valence-corrected chi connectivity index (χ1v) is 7.15. The Bertz CT molecular complexity index is 477. The topological polar surface area (TPSA) is 49.9 Å². The van der Waals surface area contributed by atoms with Crippen molar-refractivity contribution >= 4 is 0 Å². The van der Waals surface area contributed by atoms with Crippen LogP contribution < -0.4 is 10.1 Å². The molecule has 0 radical (unpaired) electrons. The second kappa shape index (κ2) is 7.70. The number of rotatable bonds is 8. The Kier molecular flexibility index (Phi) is 5.62. The lowest BCUT2D eigenvalue weighted by atomic mass is 10.1. The van der Waals surface area contributed by atoms with Crippen LogP contribution in [0.5, 0.6) is 5.75 Å². The fourth-order valence-electron chi connectivity index (χ4n) is 1.84. The summed E-state index contributed by atoms with van der Waals surface area (Å²) in [7, 11) is 0. The van der Waals surface area contributed by atoms with Crippen LogP contribution in [0.4, 0.5) is 0 Å². The summed E-state index contributed by atoms with van der Waals surface area (Å²) in [5.74, 6) is 1.63. The number of hydrogen-bond donors (Lipinski definition) is 2. The van der Waals surface area contributed by atoms with E-state index >= 15 is 0 Å². The molecule has 2 rings (SSSR count). The number of aromatic amines is 1. The molecule has 0 aliphatic carbocycles. The highest BCUT2D eigenvalue weighted by Crippen LogP contribution is 2.13. The molecule has 0 saturated carbocycles. The second-order valence-corrected chi connectivity index (χ2v) is 5.36. The monoisotopic (exact) mass is 273 g/mol. The van der Waals surface area contributed by atoms with Gasteiger partial charge in [0.15, 0.2) is 0 Å². The van der Waals surface area contributed by atoms with E-state index in [0.29, 0.717) is 5.92 Å². The van der Waals surface area contributed by atoms with E-state index in [9.17, 15) is 0 Å². The van der Waals surface area contributed by atoms with E-state index in [-0.39, 0.29) is 0 Å². The van der Waals surface area contributed by atoms with Crippen LogP contribution in [0, 0.1) is 5.92 Å². The quantitative estimate of drug-likeness (QED) is 0.777. The molecule has 0 spiro atoms. The van der Waals surface area contributed by atoms with Gasteiger partial charge in [0.2, 0.25) is 0 Å². The first-order valence-electron chi connectivity index (χ1n) is 7.15. The molecule has 4 nitrogen and oxygen atoms in total. The van der Waals surface area contributed by atoms with Crippen LogP contribution in [-0.4, -0.2) is 16.8 Å². The van der Waals surface area contributed by atoms with Crippen molar-refractivity contribution in [2.24, 2.45) is 5.92 Å². The Morgan fingerprint density at radius 2 is 1.95 bits per heavy atom. The Balaban J connectivity index is 1.71. The summed E-state index contributed by atoms with van der Waals surface area (Å²) in [5.41, 5.74) is 2.35. The van der Waals surface area contributed by atoms with Crippen molar-refractivity contribution in [1.82, 2.24) is 15.5 Å². The summed E-state index contributed by atoms with van der Waals surface area (Å²) in [6, 6.07) is 10.2. The van der Waals surface area contributed by atoms with Gasteiger partial charge in [-0.1, -0.05) is 26.0 Å². The van der Waals surface area contributed by atoms with Crippen molar-refractivity contribution in [3.8, 4) is 5.75 Å². The normalized spacial score (nSPS) is 10.9. The Morgan fingerprint density at radius 1 is 1.15 bits per heavy atom. The number of benzene rings is 1. The van der Waals surface area contributed by atoms with Crippen molar-refractivity contribution < 1.29 is 4.74 Å². The summed E-state index contributed by atoms with van der Waals surface area (Å²) in [6.07, 6.45) is 2.85. The molecular formula is C16H23N3O. The summed E-state index contributed by atoms with van der Waals surface area (Å²) in [4.78, 5) is 0. The van der Waals surface area contributed by atoms with Crippen molar-refractivity contribution in [2.75, 3.05) is 6.61 Å². The van der Waals surface area contributed by atoms with Gasteiger partial charge in [0.05, 0.1) is 6.61 Å². The average molecular weight is 273 g/mol. The van der Waals surface area contributed by atoms with Gasteiger partial charge in [-0.05, 0) is 36.1 Å². The Hall–Kier alpha value is -1.81. The van der Waals surface area contributed by atoms with Crippen LogP contribution >= 0.6 is 0 Å². The molecule has 0 bridgehead atoms. The van der Waals surface area contributed by atoms with E-state index < -0.39 is 0 Å². The summed E-state index contributed by atoms with van der Waals surface area (Å²) in [5, 5.41) is 10.2. The smallest absolute Gasteiger partial charge is 0.119 e. The fraction of sp³-hybridized carbons (Fsp3) is 0.438. The maximum Gasteiger partial charge on any atom is 0.119 e. The van der Waals surface area contributed by atoms with E-state index in [0.717, 1.165) is 37.6 Å². The fourth-order valence-corrected chi connectivity index (χ4v) is 1.84. The van der Waals surface area contributed by atoms with Gasteiger partial charge in [-0.2, -0.15) is 5.10 Å². The van der Waals surface area contributed by atoms with E-state index in [1.165, 1.54) is 5.56 Å². The Labute approximate surface area is 120 Å². The third-order valence-electron chi connectivity index (χ3n) is 3.09.